The van der Waals surface area contributed by atoms with Gasteiger partial charge in [-0.3, -0.25) is 25.8 Å². The van der Waals surface area contributed by atoms with Gasteiger partial charge in [0.1, 0.15) is 12.1 Å². The summed E-state index contributed by atoms with van der Waals surface area (Å²) < 4.78 is 5.30. The van der Waals surface area contributed by atoms with E-state index in [9.17, 15) is 14.9 Å². The Labute approximate surface area is 169 Å². The average molecular weight is 416 g/mol. The zero-order valence-corrected chi connectivity index (χ0v) is 15.5. The van der Waals surface area contributed by atoms with Gasteiger partial charge in [-0.2, -0.15) is 0 Å². The van der Waals surface area contributed by atoms with E-state index in [1.54, 1.807) is 36.4 Å². The number of carbonyl (C=O) groups is 1. The van der Waals surface area contributed by atoms with Crippen molar-refractivity contribution in [1.82, 2.24) is 20.4 Å². The summed E-state index contributed by atoms with van der Waals surface area (Å²) >= 11 is 5.96. The molecule has 1 amide bonds. The van der Waals surface area contributed by atoms with Crippen LogP contribution in [0.5, 0.6) is 5.75 Å². The number of benzene rings is 1. The topological polar surface area (TPSA) is 144 Å². The molecule has 3 N–H and O–H groups in total. The standard InChI is InChI=1S/C17H14ClN7O4/c18-15-12(7-4-8-19-15)22-16-14(25(27)28)17(21-10-20-16)24-23-13(26)9-29-11-5-2-1-3-6-11/h1-8,10H,9H2,(H,23,26)(H2,20,21,22,24). The average Bonchev–Trinajstić information content (AvgIpc) is 2.73. The number of ether oxygens (including phenoxy) is 1. The Morgan fingerprint density at radius 3 is 2.59 bits per heavy atom. The fourth-order valence-electron chi connectivity index (χ4n) is 2.17. The number of nitrogens with zero attached hydrogens (tertiary/aromatic N) is 4. The Balaban J connectivity index is 1.69. The fourth-order valence-corrected chi connectivity index (χ4v) is 2.34. The van der Waals surface area contributed by atoms with E-state index in [-0.39, 0.29) is 23.4 Å². The highest BCUT2D eigenvalue weighted by Gasteiger charge is 2.24. The first-order valence-corrected chi connectivity index (χ1v) is 8.52. The number of nitro groups is 1. The van der Waals surface area contributed by atoms with E-state index >= 15 is 0 Å². The second-order valence-corrected chi connectivity index (χ2v) is 5.78. The number of halogens is 1. The molecule has 0 saturated carbocycles. The van der Waals surface area contributed by atoms with E-state index < -0.39 is 16.5 Å². The highest BCUT2D eigenvalue weighted by Crippen LogP contribution is 2.32. The molecule has 0 aliphatic rings. The second kappa shape index (κ2) is 9.28. The SMILES string of the molecule is O=C(COc1ccccc1)NNc1ncnc(Nc2cccnc2Cl)c1[N+](=O)[O-]. The van der Waals surface area contributed by atoms with Crippen molar-refractivity contribution in [2.75, 3.05) is 17.3 Å². The molecule has 0 aliphatic heterocycles. The summed E-state index contributed by atoms with van der Waals surface area (Å²) in [6.07, 6.45) is 2.57. The lowest BCUT2D eigenvalue weighted by Crippen LogP contribution is -2.34. The molecule has 29 heavy (non-hydrogen) atoms. The van der Waals surface area contributed by atoms with Gasteiger partial charge in [-0.25, -0.2) is 15.0 Å². The van der Waals surface area contributed by atoms with Crippen LogP contribution >= 0.6 is 11.6 Å². The number of hydrogen-bond acceptors (Lipinski definition) is 9. The lowest BCUT2D eigenvalue weighted by atomic mass is 10.3. The largest absolute Gasteiger partial charge is 0.484 e. The van der Waals surface area contributed by atoms with Gasteiger partial charge in [0.2, 0.25) is 11.6 Å². The maximum absolute atomic E-state index is 11.9. The van der Waals surface area contributed by atoms with Crippen molar-refractivity contribution in [2.24, 2.45) is 0 Å². The van der Waals surface area contributed by atoms with Gasteiger partial charge >= 0.3 is 5.69 Å². The van der Waals surface area contributed by atoms with Crippen molar-refractivity contribution in [3.63, 3.8) is 0 Å². The molecule has 0 radical (unpaired) electrons. The zero-order chi connectivity index (χ0) is 20.6. The van der Waals surface area contributed by atoms with Crippen LogP contribution in [0.4, 0.5) is 23.0 Å². The minimum atomic E-state index is -0.693. The van der Waals surface area contributed by atoms with Crippen molar-refractivity contribution in [2.45, 2.75) is 0 Å². The Morgan fingerprint density at radius 2 is 1.86 bits per heavy atom. The molecule has 0 aliphatic carbocycles. The molecular weight excluding hydrogens is 402 g/mol. The lowest BCUT2D eigenvalue weighted by molar-refractivity contribution is -0.383. The van der Waals surface area contributed by atoms with Crippen LogP contribution in [0.2, 0.25) is 5.15 Å². The van der Waals surface area contributed by atoms with Gasteiger partial charge in [0, 0.05) is 6.20 Å². The van der Waals surface area contributed by atoms with Crippen LogP contribution in [0.15, 0.2) is 55.0 Å². The molecule has 11 nitrogen and oxygen atoms in total. The van der Waals surface area contributed by atoms with Crippen LogP contribution < -0.4 is 20.9 Å². The third-order valence-corrected chi connectivity index (χ3v) is 3.75. The molecule has 3 rings (SSSR count). The summed E-state index contributed by atoms with van der Waals surface area (Å²) in [6.45, 7) is -0.299. The summed E-state index contributed by atoms with van der Waals surface area (Å²) in [5.41, 5.74) is 4.53. The number of pyridine rings is 1. The minimum Gasteiger partial charge on any atom is -0.484 e. The van der Waals surface area contributed by atoms with Crippen LogP contribution in [0.25, 0.3) is 0 Å². The van der Waals surface area contributed by atoms with E-state index in [2.05, 4.69) is 31.1 Å². The third-order valence-electron chi connectivity index (χ3n) is 3.45. The Bertz CT molecular complexity index is 1020. The Morgan fingerprint density at radius 1 is 1.10 bits per heavy atom. The van der Waals surface area contributed by atoms with Crippen molar-refractivity contribution in [3.8, 4) is 5.75 Å². The van der Waals surface area contributed by atoms with Gasteiger partial charge in [-0.15, -0.1) is 0 Å². The second-order valence-electron chi connectivity index (χ2n) is 5.42. The van der Waals surface area contributed by atoms with E-state index in [1.165, 1.54) is 6.20 Å². The molecule has 1 aromatic carbocycles. The summed E-state index contributed by atoms with van der Waals surface area (Å²) in [6, 6.07) is 11.9. The third kappa shape index (κ3) is 5.26. The molecule has 0 unspecified atom stereocenters. The van der Waals surface area contributed by atoms with Gasteiger partial charge in [-0.05, 0) is 24.3 Å². The maximum atomic E-state index is 11.9. The van der Waals surface area contributed by atoms with Gasteiger partial charge in [0.05, 0.1) is 10.6 Å². The van der Waals surface area contributed by atoms with Crippen LogP contribution in [0.1, 0.15) is 0 Å². The van der Waals surface area contributed by atoms with E-state index in [0.29, 0.717) is 11.4 Å². The van der Waals surface area contributed by atoms with Crippen LogP contribution in [-0.2, 0) is 4.79 Å². The van der Waals surface area contributed by atoms with Gasteiger partial charge in [-0.1, -0.05) is 29.8 Å². The van der Waals surface area contributed by atoms with Crippen molar-refractivity contribution < 1.29 is 14.5 Å². The first kappa shape index (κ1) is 19.8. The number of aromatic nitrogens is 3. The van der Waals surface area contributed by atoms with Gasteiger partial charge < -0.3 is 10.1 Å². The summed E-state index contributed by atoms with van der Waals surface area (Å²) in [7, 11) is 0. The van der Waals surface area contributed by atoms with Crippen molar-refractivity contribution in [3.05, 3.63) is 70.3 Å². The number of nitrogens with one attached hydrogen (secondary N) is 3. The number of hydrogen-bond donors (Lipinski definition) is 3. The first-order valence-electron chi connectivity index (χ1n) is 8.14. The van der Waals surface area contributed by atoms with Crippen molar-refractivity contribution >= 4 is 40.5 Å². The Hall–Kier alpha value is -3.99. The molecule has 0 saturated heterocycles. The van der Waals surface area contributed by atoms with Gasteiger partial charge in [0.15, 0.2) is 11.8 Å². The molecule has 0 spiro atoms. The van der Waals surface area contributed by atoms with E-state index in [0.717, 1.165) is 6.33 Å². The number of carbonyl (C=O) groups excluding carboxylic acids is 1. The molecule has 3 aromatic rings. The van der Waals surface area contributed by atoms with E-state index in [1.807, 2.05) is 6.07 Å². The van der Waals surface area contributed by atoms with Gasteiger partial charge in [0.25, 0.3) is 5.91 Å². The molecule has 148 valence electrons. The van der Waals surface area contributed by atoms with E-state index in [4.69, 9.17) is 16.3 Å². The van der Waals surface area contributed by atoms with Crippen LogP contribution in [0.3, 0.4) is 0 Å². The summed E-state index contributed by atoms with van der Waals surface area (Å²) in [4.78, 5) is 34.3. The summed E-state index contributed by atoms with van der Waals surface area (Å²) in [5, 5.41) is 14.4. The summed E-state index contributed by atoms with van der Waals surface area (Å²) in [5.74, 6) is -0.403. The number of anilines is 3. The molecule has 0 bridgehead atoms. The number of rotatable bonds is 8. The minimum absolute atomic E-state index is 0.112. The number of hydrazine groups is 1. The predicted octanol–water partition coefficient (Wildman–Crippen LogP) is 2.70. The molecule has 2 heterocycles. The van der Waals surface area contributed by atoms with Crippen molar-refractivity contribution in [1.29, 1.82) is 0 Å². The molecule has 0 atom stereocenters. The smallest absolute Gasteiger partial charge is 0.355 e. The first-order chi connectivity index (χ1) is 14.0. The fraction of sp³-hybridized carbons (Fsp3) is 0.0588. The highest BCUT2D eigenvalue weighted by atomic mass is 35.5. The molecular formula is C17H14ClN7O4. The molecule has 0 fully saturated rings. The highest BCUT2D eigenvalue weighted by molar-refractivity contribution is 6.32. The zero-order valence-electron chi connectivity index (χ0n) is 14.7. The predicted molar refractivity (Wildman–Crippen MR) is 105 cm³/mol. The Kier molecular flexibility index (Phi) is 6.32. The maximum Gasteiger partial charge on any atom is 0.355 e. The van der Waals surface area contributed by atoms with Crippen LogP contribution in [-0.4, -0.2) is 32.4 Å². The number of amides is 1. The number of para-hydroxylation sites is 1. The lowest BCUT2D eigenvalue weighted by Gasteiger charge is -2.11. The molecule has 2 aromatic heterocycles. The normalized spacial score (nSPS) is 10.1. The monoisotopic (exact) mass is 415 g/mol. The van der Waals surface area contributed by atoms with Crippen LogP contribution in [0, 0.1) is 10.1 Å². The molecule has 12 heteroatoms. The quantitative estimate of drug-likeness (QED) is 0.287.